The second kappa shape index (κ2) is 5.82. The van der Waals surface area contributed by atoms with Gasteiger partial charge in [0.1, 0.15) is 0 Å². The van der Waals surface area contributed by atoms with Crippen LogP contribution in [0.2, 0.25) is 0 Å². The minimum atomic E-state index is -4.54. The van der Waals surface area contributed by atoms with Gasteiger partial charge >= 0.3 is 17.3 Å². The van der Waals surface area contributed by atoms with Gasteiger partial charge in [0.25, 0.3) is 0 Å². The van der Waals surface area contributed by atoms with Crippen molar-refractivity contribution < 1.29 is 22.4 Å². The summed E-state index contributed by atoms with van der Waals surface area (Å²) < 4.78 is 34.3. The zero-order valence-corrected chi connectivity index (χ0v) is 11.1. The fraction of sp³-hybridized carbons (Fsp3) is 0.455. The topological polar surface area (TPSA) is 74.6 Å². The van der Waals surface area contributed by atoms with Crippen molar-refractivity contribution >= 4 is 22.8 Å². The zero-order valence-electron chi connectivity index (χ0n) is 10.2. The van der Waals surface area contributed by atoms with Gasteiger partial charge in [-0.2, -0.15) is 8.42 Å². The predicted octanol–water partition coefficient (Wildman–Crippen LogP) is 0.405. The summed E-state index contributed by atoms with van der Waals surface area (Å²) in [6.07, 6.45) is 0. The van der Waals surface area contributed by atoms with Gasteiger partial charge in [0, 0.05) is 5.92 Å². The van der Waals surface area contributed by atoms with Crippen LogP contribution in [-0.2, 0) is 10.2 Å². The normalized spacial score (nSPS) is 13.7. The molecule has 7 heteroatoms. The summed E-state index contributed by atoms with van der Waals surface area (Å²) in [5, 5.41) is 17.9. The zero-order chi connectivity index (χ0) is 13.9. The van der Waals surface area contributed by atoms with E-state index in [2.05, 4.69) is 0 Å². The molecule has 0 bridgehead atoms. The maximum absolute atomic E-state index is 12.8. The van der Waals surface area contributed by atoms with Crippen LogP contribution in [-0.4, -0.2) is 31.3 Å². The Bertz CT molecular complexity index is 484. The van der Waals surface area contributed by atoms with Crippen LogP contribution < -0.4 is 5.46 Å². The maximum Gasteiger partial charge on any atom is 0.488 e. The predicted molar refractivity (Wildman–Crippen MR) is 68.7 cm³/mol. The number of benzene rings is 1. The summed E-state index contributed by atoms with van der Waals surface area (Å²) >= 11 is 0. The van der Waals surface area contributed by atoms with E-state index in [4.69, 9.17) is 10.0 Å². The van der Waals surface area contributed by atoms with Crippen LogP contribution in [0.5, 0.6) is 0 Å². The van der Waals surface area contributed by atoms with Crippen LogP contribution in [0.4, 0.5) is 3.89 Å². The Balaban J connectivity index is 3.00. The quantitative estimate of drug-likeness (QED) is 0.602. The van der Waals surface area contributed by atoms with E-state index in [1.165, 1.54) is 12.1 Å². The molecule has 18 heavy (non-hydrogen) atoms. The summed E-state index contributed by atoms with van der Waals surface area (Å²) in [4.78, 5) is 0. The Kier molecular flexibility index (Phi) is 4.89. The maximum atomic E-state index is 12.8. The minimum Gasteiger partial charge on any atom is -0.423 e. The lowest BCUT2D eigenvalue weighted by Crippen LogP contribution is -2.29. The molecule has 0 aliphatic carbocycles. The molecule has 0 saturated heterocycles. The van der Waals surface area contributed by atoms with Gasteiger partial charge < -0.3 is 10.0 Å². The first kappa shape index (κ1) is 15.1. The Hall–Kier alpha value is -0.915. The van der Waals surface area contributed by atoms with Crippen molar-refractivity contribution in [2.75, 3.05) is 5.75 Å². The van der Waals surface area contributed by atoms with Crippen LogP contribution in [0.1, 0.15) is 25.3 Å². The molecule has 0 radical (unpaired) electrons. The Labute approximate surface area is 107 Å². The van der Waals surface area contributed by atoms with E-state index >= 15 is 0 Å². The minimum absolute atomic E-state index is 0.0413. The third-order valence-corrected chi connectivity index (χ3v) is 3.60. The number of halogens is 1. The molecule has 0 aliphatic rings. The molecule has 0 fully saturated rings. The second-order valence-corrected chi connectivity index (χ2v) is 6.01. The highest BCUT2D eigenvalue weighted by Crippen LogP contribution is 2.26. The molecule has 0 amide bonds. The van der Waals surface area contributed by atoms with Crippen molar-refractivity contribution in [3.05, 3.63) is 29.8 Å². The molecule has 100 valence electrons. The van der Waals surface area contributed by atoms with Crippen LogP contribution in [0.3, 0.4) is 0 Å². The van der Waals surface area contributed by atoms with Gasteiger partial charge in [-0.25, -0.2) is 0 Å². The fourth-order valence-corrected chi connectivity index (χ4v) is 2.81. The van der Waals surface area contributed by atoms with Crippen LogP contribution in [0.25, 0.3) is 0 Å². The van der Waals surface area contributed by atoms with Crippen LogP contribution >= 0.6 is 0 Å². The van der Waals surface area contributed by atoms with Gasteiger partial charge in [0.15, 0.2) is 0 Å². The van der Waals surface area contributed by atoms with E-state index in [0.717, 1.165) is 0 Å². The first-order valence-electron chi connectivity index (χ1n) is 5.59. The SMILES string of the molecule is CC(C)C(CS(=O)(=O)F)c1ccc(B(O)O)cc1. The average Bonchev–Trinajstić information content (AvgIpc) is 2.24. The van der Waals surface area contributed by atoms with Gasteiger partial charge in [-0.05, 0) is 16.9 Å². The van der Waals surface area contributed by atoms with Crippen molar-refractivity contribution in [3.8, 4) is 0 Å². The molecule has 1 unspecified atom stereocenters. The molecule has 1 rings (SSSR count). The first-order valence-corrected chi connectivity index (χ1v) is 7.14. The van der Waals surface area contributed by atoms with Crippen molar-refractivity contribution in [2.45, 2.75) is 19.8 Å². The summed E-state index contributed by atoms with van der Waals surface area (Å²) in [7, 11) is -6.11. The molecule has 4 nitrogen and oxygen atoms in total. The van der Waals surface area contributed by atoms with E-state index in [1.807, 2.05) is 13.8 Å². The molecule has 2 N–H and O–H groups in total. The summed E-state index contributed by atoms with van der Waals surface area (Å²) in [6, 6.07) is 6.15. The molecule has 0 saturated carbocycles. The Morgan fingerprint density at radius 1 is 1.22 bits per heavy atom. The third-order valence-electron chi connectivity index (χ3n) is 2.85. The van der Waals surface area contributed by atoms with Gasteiger partial charge in [-0.1, -0.05) is 38.1 Å². The molecule has 1 aromatic rings. The third kappa shape index (κ3) is 4.40. The van der Waals surface area contributed by atoms with Gasteiger partial charge in [0.2, 0.25) is 0 Å². The Morgan fingerprint density at radius 3 is 2.06 bits per heavy atom. The molecule has 1 atom stereocenters. The molecule has 1 aromatic carbocycles. The van der Waals surface area contributed by atoms with Gasteiger partial charge in [-0.3, -0.25) is 0 Å². The molecular formula is C11H16BFO4S. The van der Waals surface area contributed by atoms with Gasteiger partial charge in [0.05, 0.1) is 5.75 Å². The van der Waals surface area contributed by atoms with E-state index in [0.29, 0.717) is 11.0 Å². The Morgan fingerprint density at radius 2 is 1.72 bits per heavy atom. The number of hydrogen-bond acceptors (Lipinski definition) is 4. The van der Waals surface area contributed by atoms with E-state index in [9.17, 15) is 12.3 Å². The number of rotatable bonds is 5. The smallest absolute Gasteiger partial charge is 0.423 e. The summed E-state index contributed by atoms with van der Waals surface area (Å²) in [6.45, 7) is 3.62. The van der Waals surface area contributed by atoms with Crippen molar-refractivity contribution in [3.63, 3.8) is 0 Å². The summed E-state index contributed by atoms with van der Waals surface area (Å²) in [5.41, 5.74) is 0.972. The fourth-order valence-electron chi connectivity index (χ4n) is 1.80. The highest BCUT2D eigenvalue weighted by atomic mass is 32.3. The van der Waals surface area contributed by atoms with E-state index < -0.39 is 29.0 Å². The summed E-state index contributed by atoms with van der Waals surface area (Å²) in [5.74, 6) is -1.06. The van der Waals surface area contributed by atoms with Crippen molar-refractivity contribution in [1.29, 1.82) is 0 Å². The lowest BCUT2D eigenvalue weighted by molar-refractivity contribution is 0.425. The molecule has 0 heterocycles. The lowest BCUT2D eigenvalue weighted by Gasteiger charge is -2.19. The van der Waals surface area contributed by atoms with Crippen molar-refractivity contribution in [1.82, 2.24) is 0 Å². The highest BCUT2D eigenvalue weighted by molar-refractivity contribution is 7.86. The standard InChI is InChI=1S/C11H16BFO4S/c1-8(2)11(7-18(13,16)17)9-3-5-10(6-4-9)12(14)15/h3-6,8,11,14-15H,7H2,1-2H3. The van der Waals surface area contributed by atoms with E-state index in [1.54, 1.807) is 12.1 Å². The second-order valence-electron chi connectivity index (χ2n) is 4.60. The van der Waals surface area contributed by atoms with E-state index in [-0.39, 0.29) is 5.92 Å². The molecular weight excluding hydrogens is 258 g/mol. The van der Waals surface area contributed by atoms with Gasteiger partial charge in [-0.15, -0.1) is 3.89 Å². The molecule has 0 spiro atoms. The largest absolute Gasteiger partial charge is 0.488 e. The number of hydrogen-bond donors (Lipinski definition) is 2. The van der Waals surface area contributed by atoms with Crippen LogP contribution in [0, 0.1) is 5.92 Å². The monoisotopic (exact) mass is 274 g/mol. The van der Waals surface area contributed by atoms with Crippen LogP contribution in [0.15, 0.2) is 24.3 Å². The molecule has 0 aromatic heterocycles. The highest BCUT2D eigenvalue weighted by Gasteiger charge is 2.23. The van der Waals surface area contributed by atoms with Crippen molar-refractivity contribution in [2.24, 2.45) is 5.92 Å². The molecule has 0 aliphatic heterocycles. The average molecular weight is 274 g/mol. The first-order chi connectivity index (χ1) is 8.20. The lowest BCUT2D eigenvalue weighted by atomic mass is 9.79.